The highest BCUT2D eigenvalue weighted by atomic mass is 32.2. The van der Waals surface area contributed by atoms with Crippen LogP contribution in [0.15, 0.2) is 53.4 Å². The molecule has 0 unspecified atom stereocenters. The number of aryl methyl sites for hydroxylation is 1. The summed E-state index contributed by atoms with van der Waals surface area (Å²) < 4.78 is 29.8. The Kier molecular flexibility index (Phi) is 4.98. The third-order valence-electron chi connectivity index (χ3n) is 3.14. The molecule has 0 aliphatic rings. The number of hydrogen-bond acceptors (Lipinski definition) is 4. The lowest BCUT2D eigenvalue weighted by Gasteiger charge is -2.08. The van der Waals surface area contributed by atoms with E-state index >= 15 is 0 Å². The van der Waals surface area contributed by atoms with Gasteiger partial charge in [-0.05, 0) is 36.8 Å². The van der Waals surface area contributed by atoms with Crippen molar-refractivity contribution in [2.75, 3.05) is 12.4 Å². The van der Waals surface area contributed by atoms with E-state index in [4.69, 9.17) is 10.5 Å². The number of ether oxygens (including phenoxy) is 1. The molecule has 0 heterocycles. The summed E-state index contributed by atoms with van der Waals surface area (Å²) in [7, 11) is -3.31. The number of benzene rings is 2. The molecule has 2 aromatic rings. The van der Waals surface area contributed by atoms with Gasteiger partial charge in [0, 0.05) is 6.54 Å². The maximum absolute atomic E-state index is 12.2. The molecule has 0 atom stereocenters. The van der Waals surface area contributed by atoms with Crippen LogP contribution >= 0.6 is 0 Å². The monoisotopic (exact) mass is 305 g/mol. The average Bonchev–Trinajstić information content (AvgIpc) is 2.48. The van der Waals surface area contributed by atoms with Gasteiger partial charge in [0.05, 0.1) is 10.6 Å². The first kappa shape index (κ1) is 15.5. The van der Waals surface area contributed by atoms with Crippen LogP contribution in [-0.4, -0.2) is 20.8 Å². The van der Waals surface area contributed by atoms with Gasteiger partial charge < -0.3 is 10.5 Å². The molecule has 0 bridgehead atoms. The van der Waals surface area contributed by atoms with Crippen LogP contribution < -0.4 is 10.5 Å². The quantitative estimate of drug-likeness (QED) is 0.889. The van der Waals surface area contributed by atoms with Crippen LogP contribution in [0.1, 0.15) is 11.1 Å². The smallest absolute Gasteiger partial charge is 0.181 e. The predicted molar refractivity (Wildman–Crippen MR) is 83.1 cm³/mol. The Bertz CT molecular complexity index is 694. The maximum Gasteiger partial charge on any atom is 0.181 e. The van der Waals surface area contributed by atoms with Gasteiger partial charge in [-0.2, -0.15) is 0 Å². The van der Waals surface area contributed by atoms with Crippen LogP contribution in [0.2, 0.25) is 0 Å². The van der Waals surface area contributed by atoms with Crippen molar-refractivity contribution in [2.45, 2.75) is 18.4 Å². The van der Waals surface area contributed by atoms with E-state index in [2.05, 4.69) is 0 Å². The lowest BCUT2D eigenvalue weighted by atomic mass is 10.2. The molecule has 0 saturated carbocycles. The highest BCUT2D eigenvalue weighted by molar-refractivity contribution is 7.91. The first-order valence-electron chi connectivity index (χ1n) is 6.72. The topological polar surface area (TPSA) is 69.4 Å². The Morgan fingerprint density at radius 3 is 2.48 bits per heavy atom. The standard InChI is InChI=1S/C16H19NO3S/c1-13-5-7-16(8-6-13)21(18,19)10-9-20-15-4-2-3-14(11-15)12-17/h2-8,11H,9-10,12,17H2,1H3. The van der Waals surface area contributed by atoms with Crippen molar-refractivity contribution in [3.8, 4) is 5.75 Å². The van der Waals surface area contributed by atoms with Crippen LogP contribution in [0.4, 0.5) is 0 Å². The normalized spacial score (nSPS) is 11.3. The molecule has 0 fully saturated rings. The third kappa shape index (κ3) is 4.31. The van der Waals surface area contributed by atoms with Gasteiger partial charge in [0.1, 0.15) is 12.4 Å². The molecule has 0 spiro atoms. The number of rotatable bonds is 6. The molecule has 0 aliphatic carbocycles. The van der Waals surface area contributed by atoms with Crippen molar-refractivity contribution in [1.29, 1.82) is 0 Å². The van der Waals surface area contributed by atoms with Gasteiger partial charge in [-0.25, -0.2) is 8.42 Å². The molecular weight excluding hydrogens is 286 g/mol. The highest BCUT2D eigenvalue weighted by Crippen LogP contribution is 2.15. The van der Waals surface area contributed by atoms with Crippen LogP contribution in [0, 0.1) is 6.92 Å². The van der Waals surface area contributed by atoms with E-state index in [1.165, 1.54) is 0 Å². The Morgan fingerprint density at radius 2 is 1.81 bits per heavy atom. The van der Waals surface area contributed by atoms with Gasteiger partial charge in [0.2, 0.25) is 0 Å². The van der Waals surface area contributed by atoms with E-state index in [0.717, 1.165) is 11.1 Å². The summed E-state index contributed by atoms with van der Waals surface area (Å²) in [6.07, 6.45) is 0. The minimum Gasteiger partial charge on any atom is -0.493 e. The van der Waals surface area contributed by atoms with Gasteiger partial charge >= 0.3 is 0 Å². The van der Waals surface area contributed by atoms with E-state index in [9.17, 15) is 8.42 Å². The molecule has 5 heteroatoms. The second-order valence-electron chi connectivity index (χ2n) is 4.83. The molecule has 0 aromatic heterocycles. The van der Waals surface area contributed by atoms with Crippen molar-refractivity contribution >= 4 is 9.84 Å². The zero-order valence-corrected chi connectivity index (χ0v) is 12.8. The van der Waals surface area contributed by atoms with Crippen molar-refractivity contribution < 1.29 is 13.2 Å². The van der Waals surface area contributed by atoms with E-state index in [1.54, 1.807) is 30.3 Å². The highest BCUT2D eigenvalue weighted by Gasteiger charge is 2.14. The fraction of sp³-hybridized carbons (Fsp3) is 0.250. The molecule has 2 aromatic carbocycles. The number of sulfone groups is 1. The molecule has 0 amide bonds. The van der Waals surface area contributed by atoms with Crippen molar-refractivity contribution in [3.63, 3.8) is 0 Å². The summed E-state index contributed by atoms with van der Waals surface area (Å²) in [4.78, 5) is 0.326. The van der Waals surface area contributed by atoms with E-state index in [0.29, 0.717) is 17.2 Å². The van der Waals surface area contributed by atoms with Crippen LogP contribution in [0.5, 0.6) is 5.75 Å². The largest absolute Gasteiger partial charge is 0.493 e. The summed E-state index contributed by atoms with van der Waals surface area (Å²) in [6.45, 7) is 2.47. The fourth-order valence-electron chi connectivity index (χ4n) is 1.89. The lowest BCUT2D eigenvalue weighted by molar-refractivity contribution is 0.340. The Morgan fingerprint density at radius 1 is 1.10 bits per heavy atom. The molecule has 2 rings (SSSR count). The summed E-state index contributed by atoms with van der Waals surface area (Å²) in [5.74, 6) is 0.583. The lowest BCUT2D eigenvalue weighted by Crippen LogP contribution is -2.14. The van der Waals surface area contributed by atoms with Crippen molar-refractivity contribution in [3.05, 3.63) is 59.7 Å². The zero-order valence-electron chi connectivity index (χ0n) is 12.0. The van der Waals surface area contributed by atoms with Gasteiger partial charge in [0.25, 0.3) is 0 Å². The van der Waals surface area contributed by atoms with E-state index < -0.39 is 9.84 Å². The van der Waals surface area contributed by atoms with Crippen LogP contribution in [0.25, 0.3) is 0 Å². The Labute approximate surface area is 125 Å². The minimum absolute atomic E-state index is 0.0527. The molecular formula is C16H19NO3S. The molecule has 0 saturated heterocycles. The predicted octanol–water partition coefficient (Wildman–Crippen LogP) is 2.31. The van der Waals surface area contributed by atoms with Crippen molar-refractivity contribution in [2.24, 2.45) is 5.73 Å². The molecule has 4 nitrogen and oxygen atoms in total. The van der Waals surface area contributed by atoms with E-state index in [-0.39, 0.29) is 12.4 Å². The van der Waals surface area contributed by atoms with Crippen LogP contribution in [-0.2, 0) is 16.4 Å². The fourth-order valence-corrected chi connectivity index (χ4v) is 2.98. The molecule has 0 radical (unpaired) electrons. The second-order valence-corrected chi connectivity index (χ2v) is 6.94. The van der Waals surface area contributed by atoms with Crippen molar-refractivity contribution in [1.82, 2.24) is 0 Å². The first-order chi connectivity index (χ1) is 10.0. The molecule has 21 heavy (non-hydrogen) atoms. The summed E-state index contributed by atoms with van der Waals surface area (Å²) in [6, 6.07) is 14.2. The van der Waals surface area contributed by atoms with Crippen LogP contribution in [0.3, 0.4) is 0 Å². The first-order valence-corrected chi connectivity index (χ1v) is 8.38. The van der Waals surface area contributed by atoms with Gasteiger partial charge in [-0.1, -0.05) is 29.8 Å². The SMILES string of the molecule is Cc1ccc(S(=O)(=O)CCOc2cccc(CN)c2)cc1. The molecule has 0 aliphatic heterocycles. The maximum atomic E-state index is 12.2. The second kappa shape index (κ2) is 6.74. The van der Waals surface area contributed by atoms with E-state index in [1.807, 2.05) is 25.1 Å². The molecule has 112 valence electrons. The Balaban J connectivity index is 1.97. The third-order valence-corrected chi connectivity index (χ3v) is 4.83. The zero-order chi connectivity index (χ0) is 15.3. The minimum atomic E-state index is -3.31. The summed E-state index contributed by atoms with van der Waals surface area (Å²) in [5.41, 5.74) is 7.54. The Hall–Kier alpha value is -1.85. The summed E-state index contributed by atoms with van der Waals surface area (Å²) in [5, 5.41) is 0. The number of hydrogen-bond donors (Lipinski definition) is 1. The van der Waals surface area contributed by atoms with Gasteiger partial charge in [-0.15, -0.1) is 0 Å². The average molecular weight is 305 g/mol. The van der Waals surface area contributed by atoms with Gasteiger partial charge in [0.15, 0.2) is 9.84 Å². The molecule has 2 N–H and O–H groups in total. The summed E-state index contributed by atoms with van der Waals surface area (Å²) >= 11 is 0. The number of nitrogens with two attached hydrogens (primary N) is 1. The van der Waals surface area contributed by atoms with Gasteiger partial charge in [-0.3, -0.25) is 0 Å².